The van der Waals surface area contributed by atoms with Crippen LogP contribution in [0.3, 0.4) is 0 Å². The van der Waals surface area contributed by atoms with Crippen LogP contribution in [0.2, 0.25) is 0 Å². The van der Waals surface area contributed by atoms with Gasteiger partial charge in [-0.3, -0.25) is 9.59 Å². The van der Waals surface area contributed by atoms with Crippen molar-refractivity contribution in [1.82, 2.24) is 9.80 Å². The molecule has 1 aliphatic rings. The summed E-state index contributed by atoms with van der Waals surface area (Å²) in [5.41, 5.74) is 0.752. The third-order valence-electron chi connectivity index (χ3n) is 8.59. The van der Waals surface area contributed by atoms with Crippen molar-refractivity contribution in [2.24, 2.45) is 11.8 Å². The van der Waals surface area contributed by atoms with E-state index >= 15 is 0 Å². The lowest BCUT2D eigenvalue weighted by atomic mass is 9.82. The minimum Gasteiger partial charge on any atom is -0.451 e. The molecular weight excluding hydrogens is 598 g/mol. The van der Waals surface area contributed by atoms with E-state index in [1.54, 1.807) is 41.3 Å². The minimum absolute atomic E-state index is 0.00885. The topological polar surface area (TPSA) is 113 Å². The number of nitrogens with zero attached hydrogens (tertiary/aromatic N) is 2. The van der Waals surface area contributed by atoms with E-state index in [0.717, 1.165) is 0 Å². The number of halogens is 2. The Morgan fingerprint density at radius 1 is 1.00 bits per heavy atom. The molecule has 0 unspecified atom stereocenters. The largest absolute Gasteiger partial charge is 0.451 e. The number of carbonyl (C=O) groups excluding carboxylic acids is 2. The van der Waals surface area contributed by atoms with E-state index in [2.05, 4.69) is 0 Å². The first-order valence-electron chi connectivity index (χ1n) is 15.6. The summed E-state index contributed by atoms with van der Waals surface area (Å²) in [4.78, 5) is 30.6. The lowest BCUT2D eigenvalue weighted by molar-refractivity contribution is -0.138. The number of methoxy groups -OCH3 is 1. The summed E-state index contributed by atoms with van der Waals surface area (Å²) in [5.74, 6) is -2.09. The monoisotopic (exact) mass is 642 g/mol. The van der Waals surface area contributed by atoms with Gasteiger partial charge in [0, 0.05) is 46.2 Å². The average molecular weight is 643 g/mol. The van der Waals surface area contributed by atoms with E-state index in [9.17, 15) is 28.6 Å². The van der Waals surface area contributed by atoms with Crippen LogP contribution >= 0.6 is 0 Å². The Labute approximate surface area is 268 Å². The zero-order chi connectivity index (χ0) is 33.4. The van der Waals surface area contributed by atoms with Gasteiger partial charge in [-0.15, -0.1) is 0 Å². The molecule has 2 heterocycles. The zero-order valence-corrected chi connectivity index (χ0v) is 26.8. The van der Waals surface area contributed by atoms with E-state index in [4.69, 9.17) is 13.9 Å². The van der Waals surface area contributed by atoms with Gasteiger partial charge in [0.2, 0.25) is 5.91 Å². The van der Waals surface area contributed by atoms with Crippen LogP contribution in [-0.4, -0.2) is 90.1 Å². The molecule has 11 heteroatoms. The molecule has 2 N–H and O–H groups in total. The van der Waals surface area contributed by atoms with Crippen LogP contribution in [0.1, 0.15) is 55.8 Å². The number of amides is 2. The maximum Gasteiger partial charge on any atom is 0.290 e. The van der Waals surface area contributed by atoms with Crippen LogP contribution in [0.5, 0.6) is 0 Å². The molecule has 2 amide bonds. The smallest absolute Gasteiger partial charge is 0.290 e. The Bertz CT molecular complexity index is 1450. The predicted molar refractivity (Wildman–Crippen MR) is 168 cm³/mol. The molecule has 46 heavy (non-hydrogen) atoms. The van der Waals surface area contributed by atoms with Crippen molar-refractivity contribution in [3.05, 3.63) is 83.6 Å². The molecule has 4 rings (SSSR count). The number of furan rings is 1. The van der Waals surface area contributed by atoms with Crippen LogP contribution in [0.4, 0.5) is 8.78 Å². The van der Waals surface area contributed by atoms with Gasteiger partial charge in [-0.25, -0.2) is 8.78 Å². The molecule has 0 aliphatic carbocycles. The first kappa shape index (κ1) is 35.2. The van der Waals surface area contributed by atoms with Crippen molar-refractivity contribution in [3.8, 4) is 11.3 Å². The SMILES string of the molecule is CO[C@@H]1CN(C(C)=O)C[C@H](C(C)C)[C@@H](c2cccc(F)c2)N(C(=O)c2ccc(-c3ccccc3F)o2)CCCCOC[C@@H](O)[C@H]1O. The highest BCUT2D eigenvalue weighted by atomic mass is 19.1. The summed E-state index contributed by atoms with van der Waals surface area (Å²) in [6, 6.07) is 14.5. The molecule has 1 fully saturated rings. The van der Waals surface area contributed by atoms with Gasteiger partial charge in [-0.2, -0.15) is 0 Å². The predicted octanol–water partition coefficient (Wildman–Crippen LogP) is 5.08. The molecular formula is C35H44F2N2O7. The number of hydrogen-bond acceptors (Lipinski definition) is 7. The van der Waals surface area contributed by atoms with Crippen LogP contribution < -0.4 is 0 Å². The molecule has 1 aliphatic heterocycles. The highest BCUT2D eigenvalue weighted by molar-refractivity contribution is 5.92. The van der Waals surface area contributed by atoms with Crippen LogP contribution in [0.15, 0.2) is 65.1 Å². The molecule has 1 saturated heterocycles. The molecule has 0 spiro atoms. The Morgan fingerprint density at radius 2 is 1.76 bits per heavy atom. The second-order valence-electron chi connectivity index (χ2n) is 12.1. The Balaban J connectivity index is 1.82. The fourth-order valence-electron chi connectivity index (χ4n) is 5.95. The Hall–Kier alpha value is -3.64. The molecule has 0 bridgehead atoms. The lowest BCUT2D eigenvalue weighted by Gasteiger charge is -2.42. The van der Waals surface area contributed by atoms with Gasteiger partial charge >= 0.3 is 0 Å². The summed E-state index contributed by atoms with van der Waals surface area (Å²) < 4.78 is 46.5. The van der Waals surface area contributed by atoms with Crippen molar-refractivity contribution in [2.75, 3.05) is 40.0 Å². The molecule has 9 nitrogen and oxygen atoms in total. The molecule has 0 saturated carbocycles. The summed E-state index contributed by atoms with van der Waals surface area (Å²) in [5, 5.41) is 21.4. The third-order valence-corrected chi connectivity index (χ3v) is 8.59. The molecule has 2 aromatic carbocycles. The molecule has 250 valence electrons. The second-order valence-corrected chi connectivity index (χ2v) is 12.1. The number of rotatable bonds is 5. The summed E-state index contributed by atoms with van der Waals surface area (Å²) in [6.45, 7) is 5.77. The summed E-state index contributed by atoms with van der Waals surface area (Å²) >= 11 is 0. The van der Waals surface area contributed by atoms with Gasteiger partial charge in [-0.05, 0) is 60.7 Å². The van der Waals surface area contributed by atoms with Gasteiger partial charge in [0.15, 0.2) is 5.76 Å². The van der Waals surface area contributed by atoms with Gasteiger partial charge in [0.25, 0.3) is 5.91 Å². The fraction of sp³-hybridized carbons (Fsp3) is 0.486. The highest BCUT2D eigenvalue weighted by Gasteiger charge is 2.38. The Morgan fingerprint density at radius 3 is 2.43 bits per heavy atom. The van der Waals surface area contributed by atoms with E-state index in [0.29, 0.717) is 18.4 Å². The van der Waals surface area contributed by atoms with Crippen LogP contribution in [-0.2, 0) is 14.3 Å². The van der Waals surface area contributed by atoms with Crippen LogP contribution in [0, 0.1) is 23.5 Å². The Kier molecular flexibility index (Phi) is 12.5. The van der Waals surface area contributed by atoms with Crippen molar-refractivity contribution in [2.45, 2.75) is 58.0 Å². The number of aliphatic hydroxyl groups is 2. The third kappa shape index (κ3) is 8.58. The van der Waals surface area contributed by atoms with E-state index in [1.807, 2.05) is 13.8 Å². The highest BCUT2D eigenvalue weighted by Crippen LogP contribution is 2.37. The molecule has 3 aromatic rings. The number of carbonyl (C=O) groups is 2. The molecule has 5 atom stereocenters. The number of hydrogen-bond donors (Lipinski definition) is 2. The van der Waals surface area contributed by atoms with Gasteiger partial charge in [-0.1, -0.05) is 38.1 Å². The van der Waals surface area contributed by atoms with Crippen molar-refractivity contribution < 1.29 is 42.5 Å². The van der Waals surface area contributed by atoms with Crippen LogP contribution in [0.25, 0.3) is 11.3 Å². The van der Waals surface area contributed by atoms with Crippen molar-refractivity contribution >= 4 is 11.8 Å². The zero-order valence-electron chi connectivity index (χ0n) is 26.8. The van der Waals surface area contributed by atoms with Gasteiger partial charge in [0.1, 0.15) is 35.7 Å². The second kappa shape index (κ2) is 16.3. The number of benzene rings is 2. The number of aliphatic hydroxyl groups excluding tert-OH is 2. The fourth-order valence-corrected chi connectivity index (χ4v) is 5.95. The summed E-state index contributed by atoms with van der Waals surface area (Å²) in [6.07, 6.45) is -2.50. The molecule has 0 radical (unpaired) electrons. The summed E-state index contributed by atoms with van der Waals surface area (Å²) in [7, 11) is 1.39. The normalized spacial score (nSPS) is 24.0. The average Bonchev–Trinajstić information content (AvgIpc) is 3.52. The lowest BCUT2D eigenvalue weighted by Crippen LogP contribution is -2.51. The van der Waals surface area contributed by atoms with E-state index < -0.39 is 47.8 Å². The van der Waals surface area contributed by atoms with Gasteiger partial charge in [0.05, 0.1) is 18.2 Å². The first-order valence-corrected chi connectivity index (χ1v) is 15.6. The maximum atomic E-state index is 14.8. The van der Waals surface area contributed by atoms with E-state index in [-0.39, 0.29) is 61.8 Å². The standard InChI is InChI=1S/C35H44F2N2O7/c1-22(2)27-19-38(23(3)40)20-32(44-4)34(42)29(41)21-45-17-8-7-16-39(33(27)24-10-9-11-25(36)18-24)35(43)31-15-14-30(46-31)26-12-5-6-13-28(26)37/h5-6,9-15,18,22,27,29,32-34,41-42H,7-8,16-17,19-21H2,1-4H3/t27-,29-,32-,33-,34-/m1/s1. The molecule has 1 aromatic heterocycles. The van der Waals surface area contributed by atoms with Gasteiger partial charge < -0.3 is 33.9 Å². The maximum absolute atomic E-state index is 14.8. The van der Waals surface area contributed by atoms with Crippen molar-refractivity contribution in [1.29, 1.82) is 0 Å². The van der Waals surface area contributed by atoms with E-state index in [1.165, 1.54) is 43.2 Å². The first-order chi connectivity index (χ1) is 22.0. The minimum atomic E-state index is -1.32. The van der Waals surface area contributed by atoms with Crippen molar-refractivity contribution in [3.63, 3.8) is 0 Å². The quantitative estimate of drug-likeness (QED) is 0.400. The number of ether oxygens (including phenoxy) is 2.